The second-order valence-electron chi connectivity index (χ2n) is 6.54. The van der Waals surface area contributed by atoms with Crippen LogP contribution in [0.3, 0.4) is 0 Å². The Morgan fingerprint density at radius 2 is 1.71 bits per heavy atom. The highest BCUT2D eigenvalue weighted by molar-refractivity contribution is 5.49. The van der Waals surface area contributed by atoms with E-state index in [1.165, 1.54) is 17.7 Å². The summed E-state index contributed by atoms with van der Waals surface area (Å²) in [5.41, 5.74) is 2.73. The second kappa shape index (κ2) is 7.28. The van der Waals surface area contributed by atoms with Crippen LogP contribution < -0.4 is 10.2 Å². The molecule has 0 amide bonds. The monoisotopic (exact) mass is 289 g/mol. The van der Waals surface area contributed by atoms with Crippen LogP contribution in [0.25, 0.3) is 0 Å². The van der Waals surface area contributed by atoms with Gasteiger partial charge < -0.3 is 10.2 Å². The summed E-state index contributed by atoms with van der Waals surface area (Å²) >= 11 is 0. The molecule has 3 unspecified atom stereocenters. The standard InChI is InChI=1S/C18H31N3/c1-6-11-19-16(4)17-7-9-18(10-8-17)21-12-14(2)20(5)15(3)13-21/h7-10,14-16,19H,6,11-13H2,1-5H3. The van der Waals surface area contributed by atoms with Crippen molar-refractivity contribution in [2.75, 3.05) is 31.6 Å². The topological polar surface area (TPSA) is 18.5 Å². The van der Waals surface area contributed by atoms with E-state index >= 15 is 0 Å². The van der Waals surface area contributed by atoms with Gasteiger partial charge in [-0.2, -0.15) is 0 Å². The third-order valence-electron chi connectivity index (χ3n) is 4.82. The molecule has 1 aliphatic rings. The molecular formula is C18H31N3. The lowest BCUT2D eigenvalue weighted by Gasteiger charge is -2.43. The number of rotatable bonds is 5. The summed E-state index contributed by atoms with van der Waals surface area (Å²) in [4.78, 5) is 4.99. The van der Waals surface area contributed by atoms with Crippen molar-refractivity contribution >= 4 is 5.69 Å². The molecule has 118 valence electrons. The van der Waals surface area contributed by atoms with Gasteiger partial charge in [-0.25, -0.2) is 0 Å². The van der Waals surface area contributed by atoms with E-state index in [2.05, 4.69) is 74.1 Å². The van der Waals surface area contributed by atoms with Crippen molar-refractivity contribution in [1.29, 1.82) is 0 Å². The molecule has 2 rings (SSSR count). The summed E-state index contributed by atoms with van der Waals surface area (Å²) in [6.07, 6.45) is 1.18. The van der Waals surface area contributed by atoms with E-state index in [4.69, 9.17) is 0 Å². The minimum Gasteiger partial charge on any atom is -0.368 e. The predicted octanol–water partition coefficient (Wildman–Crippen LogP) is 3.28. The Bertz CT molecular complexity index is 417. The Labute approximate surface area is 130 Å². The lowest BCUT2D eigenvalue weighted by molar-refractivity contribution is 0.170. The quantitative estimate of drug-likeness (QED) is 0.897. The van der Waals surface area contributed by atoms with E-state index in [9.17, 15) is 0 Å². The zero-order valence-corrected chi connectivity index (χ0v) is 14.3. The van der Waals surface area contributed by atoms with E-state index < -0.39 is 0 Å². The third kappa shape index (κ3) is 3.98. The first-order valence-corrected chi connectivity index (χ1v) is 8.33. The minimum absolute atomic E-state index is 0.435. The van der Waals surface area contributed by atoms with Gasteiger partial charge in [0.15, 0.2) is 0 Å². The maximum absolute atomic E-state index is 3.55. The van der Waals surface area contributed by atoms with Crippen molar-refractivity contribution in [3.63, 3.8) is 0 Å². The molecule has 0 spiro atoms. The second-order valence-corrected chi connectivity index (χ2v) is 6.54. The van der Waals surface area contributed by atoms with E-state index in [0.29, 0.717) is 18.1 Å². The Morgan fingerprint density at radius 3 is 2.24 bits per heavy atom. The number of likely N-dealkylation sites (N-methyl/N-ethyl adjacent to an activating group) is 1. The normalized spacial score (nSPS) is 25.1. The van der Waals surface area contributed by atoms with Crippen LogP contribution in [0, 0.1) is 0 Å². The van der Waals surface area contributed by atoms with Gasteiger partial charge >= 0.3 is 0 Å². The lowest BCUT2D eigenvalue weighted by Crippen LogP contribution is -2.55. The zero-order chi connectivity index (χ0) is 15.4. The first-order valence-electron chi connectivity index (χ1n) is 8.33. The van der Waals surface area contributed by atoms with Crippen LogP contribution in [0.15, 0.2) is 24.3 Å². The van der Waals surface area contributed by atoms with Crippen molar-refractivity contribution in [3.05, 3.63) is 29.8 Å². The predicted molar refractivity (Wildman–Crippen MR) is 92.1 cm³/mol. The van der Waals surface area contributed by atoms with Gasteiger partial charge in [0, 0.05) is 36.9 Å². The van der Waals surface area contributed by atoms with E-state index in [0.717, 1.165) is 19.6 Å². The fourth-order valence-corrected chi connectivity index (χ4v) is 3.07. The summed E-state index contributed by atoms with van der Waals surface area (Å²) in [5.74, 6) is 0. The average Bonchev–Trinajstić information content (AvgIpc) is 2.50. The molecule has 0 aliphatic carbocycles. The molecule has 1 heterocycles. The molecule has 0 saturated carbocycles. The Morgan fingerprint density at radius 1 is 1.14 bits per heavy atom. The van der Waals surface area contributed by atoms with Crippen LogP contribution in [-0.2, 0) is 0 Å². The summed E-state index contributed by atoms with van der Waals surface area (Å²) in [7, 11) is 2.23. The van der Waals surface area contributed by atoms with Gasteiger partial charge in [-0.15, -0.1) is 0 Å². The van der Waals surface area contributed by atoms with Crippen molar-refractivity contribution in [2.24, 2.45) is 0 Å². The molecule has 3 nitrogen and oxygen atoms in total. The molecule has 0 bridgehead atoms. The zero-order valence-electron chi connectivity index (χ0n) is 14.3. The fourth-order valence-electron chi connectivity index (χ4n) is 3.07. The summed E-state index contributed by atoms with van der Waals surface area (Å²) in [6.45, 7) is 12.4. The number of piperazine rings is 1. The average molecular weight is 289 g/mol. The molecule has 21 heavy (non-hydrogen) atoms. The summed E-state index contributed by atoms with van der Waals surface area (Å²) < 4.78 is 0. The smallest absolute Gasteiger partial charge is 0.0367 e. The molecule has 3 atom stereocenters. The number of nitrogens with zero attached hydrogens (tertiary/aromatic N) is 2. The third-order valence-corrected chi connectivity index (χ3v) is 4.82. The molecule has 3 heteroatoms. The van der Waals surface area contributed by atoms with Crippen LogP contribution in [0.2, 0.25) is 0 Å². The van der Waals surface area contributed by atoms with Crippen molar-refractivity contribution in [2.45, 2.75) is 52.2 Å². The summed E-state index contributed by atoms with van der Waals surface area (Å²) in [5, 5.41) is 3.55. The first-order chi connectivity index (χ1) is 10.0. The Kier molecular flexibility index (Phi) is 5.65. The molecule has 1 fully saturated rings. The van der Waals surface area contributed by atoms with Crippen LogP contribution >= 0.6 is 0 Å². The van der Waals surface area contributed by atoms with E-state index in [1.54, 1.807) is 0 Å². The molecule has 0 aromatic heterocycles. The van der Waals surface area contributed by atoms with Crippen LogP contribution in [0.5, 0.6) is 0 Å². The van der Waals surface area contributed by atoms with E-state index in [-0.39, 0.29) is 0 Å². The maximum Gasteiger partial charge on any atom is 0.0367 e. The van der Waals surface area contributed by atoms with Crippen LogP contribution in [0.4, 0.5) is 5.69 Å². The number of nitrogens with one attached hydrogen (secondary N) is 1. The SMILES string of the molecule is CCCNC(C)c1ccc(N2CC(C)N(C)C(C)C2)cc1. The van der Waals surface area contributed by atoms with Crippen LogP contribution in [-0.4, -0.2) is 43.7 Å². The number of hydrogen-bond acceptors (Lipinski definition) is 3. The van der Waals surface area contributed by atoms with Crippen LogP contribution in [0.1, 0.15) is 45.7 Å². The van der Waals surface area contributed by atoms with Gasteiger partial charge in [-0.05, 0) is 58.5 Å². The molecular weight excluding hydrogens is 258 g/mol. The van der Waals surface area contributed by atoms with E-state index in [1.807, 2.05) is 0 Å². The van der Waals surface area contributed by atoms with Crippen molar-refractivity contribution in [3.8, 4) is 0 Å². The fraction of sp³-hybridized carbons (Fsp3) is 0.667. The Balaban J connectivity index is 2.02. The van der Waals surface area contributed by atoms with Gasteiger partial charge in [0.2, 0.25) is 0 Å². The minimum atomic E-state index is 0.435. The molecule has 0 radical (unpaired) electrons. The first kappa shape index (κ1) is 16.3. The molecule has 1 saturated heterocycles. The summed E-state index contributed by atoms with van der Waals surface area (Å²) in [6, 6.07) is 10.8. The van der Waals surface area contributed by atoms with Gasteiger partial charge in [0.1, 0.15) is 0 Å². The van der Waals surface area contributed by atoms with Gasteiger partial charge in [0.05, 0.1) is 0 Å². The number of anilines is 1. The number of hydrogen-bond donors (Lipinski definition) is 1. The largest absolute Gasteiger partial charge is 0.368 e. The van der Waals surface area contributed by atoms with Gasteiger partial charge in [0.25, 0.3) is 0 Å². The van der Waals surface area contributed by atoms with Gasteiger partial charge in [-0.3, -0.25) is 4.90 Å². The molecule has 1 aromatic rings. The van der Waals surface area contributed by atoms with Gasteiger partial charge in [-0.1, -0.05) is 19.1 Å². The lowest BCUT2D eigenvalue weighted by atomic mass is 10.1. The van der Waals surface area contributed by atoms with Crippen molar-refractivity contribution < 1.29 is 0 Å². The highest BCUT2D eigenvalue weighted by atomic mass is 15.3. The molecule has 1 N–H and O–H groups in total. The highest BCUT2D eigenvalue weighted by Gasteiger charge is 2.26. The molecule has 1 aromatic carbocycles. The maximum atomic E-state index is 3.55. The van der Waals surface area contributed by atoms with Crippen molar-refractivity contribution in [1.82, 2.24) is 10.2 Å². The highest BCUT2D eigenvalue weighted by Crippen LogP contribution is 2.23. The molecule has 1 aliphatic heterocycles. The number of benzene rings is 1. The Hall–Kier alpha value is -1.06.